The molecule has 1 heterocycles. The summed E-state index contributed by atoms with van der Waals surface area (Å²) in [4.78, 5) is 2.67. The van der Waals surface area contributed by atoms with Crippen molar-refractivity contribution < 1.29 is 0 Å². The third kappa shape index (κ3) is 3.82. The highest BCUT2D eigenvalue weighted by Crippen LogP contribution is 2.20. The number of benzene rings is 1. The first-order chi connectivity index (χ1) is 8.68. The van der Waals surface area contributed by atoms with Crippen molar-refractivity contribution in [2.45, 2.75) is 38.6 Å². The molecule has 2 heteroatoms. The molecule has 1 aromatic rings. The maximum Gasteiger partial charge on any atom is 0.0165 e. The van der Waals surface area contributed by atoms with Gasteiger partial charge in [-0.15, -0.1) is 0 Å². The number of rotatable bonds is 3. The highest BCUT2D eigenvalue weighted by Gasteiger charge is 2.26. The van der Waals surface area contributed by atoms with E-state index in [-0.39, 0.29) is 0 Å². The summed E-state index contributed by atoms with van der Waals surface area (Å²) in [6, 6.07) is 10.8. The molecule has 1 aliphatic heterocycles. The topological polar surface area (TPSA) is 15.3 Å². The van der Waals surface area contributed by atoms with Crippen molar-refractivity contribution in [3.63, 3.8) is 0 Å². The second-order valence-corrected chi connectivity index (χ2v) is 5.89. The highest BCUT2D eigenvalue weighted by atomic mass is 15.2. The van der Waals surface area contributed by atoms with Crippen LogP contribution in [0, 0.1) is 0 Å². The minimum absolute atomic E-state index is 0.322. The Kier molecular flexibility index (Phi) is 4.79. The lowest BCUT2D eigenvalue weighted by molar-refractivity contribution is 0.102. The van der Waals surface area contributed by atoms with Crippen LogP contribution in [0.5, 0.6) is 0 Å². The van der Waals surface area contributed by atoms with Gasteiger partial charge in [0.05, 0.1) is 0 Å². The van der Waals surface area contributed by atoms with Crippen molar-refractivity contribution in [1.82, 2.24) is 10.2 Å². The van der Waals surface area contributed by atoms with E-state index in [2.05, 4.69) is 54.4 Å². The second-order valence-electron chi connectivity index (χ2n) is 5.89. The fraction of sp³-hybridized carbons (Fsp3) is 0.625. The summed E-state index contributed by atoms with van der Waals surface area (Å²) >= 11 is 0. The van der Waals surface area contributed by atoms with Crippen LogP contribution < -0.4 is 5.32 Å². The minimum atomic E-state index is 0.322. The van der Waals surface area contributed by atoms with E-state index in [4.69, 9.17) is 0 Å². The summed E-state index contributed by atoms with van der Waals surface area (Å²) in [5, 5.41) is 3.51. The van der Waals surface area contributed by atoms with Gasteiger partial charge in [0.15, 0.2) is 0 Å². The van der Waals surface area contributed by atoms with Gasteiger partial charge < -0.3 is 5.32 Å². The average Bonchev–Trinajstić information content (AvgIpc) is 2.35. The zero-order valence-electron chi connectivity index (χ0n) is 11.8. The predicted octanol–water partition coefficient (Wildman–Crippen LogP) is 2.69. The second kappa shape index (κ2) is 6.35. The summed E-state index contributed by atoms with van der Waals surface area (Å²) in [5.74, 6) is 0. The molecule has 0 spiro atoms. The van der Waals surface area contributed by atoms with Gasteiger partial charge in [-0.05, 0) is 58.3 Å². The Morgan fingerprint density at radius 3 is 2.72 bits per heavy atom. The fourth-order valence-corrected chi connectivity index (χ4v) is 2.70. The van der Waals surface area contributed by atoms with Crippen molar-refractivity contribution in [2.75, 3.05) is 26.2 Å². The van der Waals surface area contributed by atoms with Gasteiger partial charge in [-0.2, -0.15) is 0 Å². The van der Waals surface area contributed by atoms with Gasteiger partial charge in [-0.1, -0.05) is 30.3 Å². The molecule has 0 aliphatic carbocycles. The largest absolute Gasteiger partial charge is 0.317 e. The molecule has 0 amide bonds. The summed E-state index contributed by atoms with van der Waals surface area (Å²) in [5.41, 5.74) is 1.77. The Morgan fingerprint density at radius 2 is 1.94 bits per heavy atom. The third-order valence-corrected chi connectivity index (χ3v) is 4.06. The maximum absolute atomic E-state index is 3.51. The molecular weight excluding hydrogens is 220 g/mol. The van der Waals surface area contributed by atoms with Gasteiger partial charge in [-0.25, -0.2) is 0 Å². The molecule has 18 heavy (non-hydrogen) atoms. The number of nitrogens with zero attached hydrogens (tertiary/aromatic N) is 1. The zero-order chi connectivity index (χ0) is 12.8. The van der Waals surface area contributed by atoms with Crippen LogP contribution in [0.3, 0.4) is 0 Å². The molecule has 1 aliphatic rings. The molecule has 0 saturated carbocycles. The van der Waals surface area contributed by atoms with Crippen molar-refractivity contribution >= 4 is 0 Å². The van der Waals surface area contributed by atoms with E-state index < -0.39 is 0 Å². The summed E-state index contributed by atoms with van der Waals surface area (Å²) < 4.78 is 0. The van der Waals surface area contributed by atoms with Crippen LogP contribution in [0.2, 0.25) is 0 Å². The fourth-order valence-electron chi connectivity index (χ4n) is 2.70. The summed E-state index contributed by atoms with van der Waals surface area (Å²) in [7, 11) is 0. The van der Waals surface area contributed by atoms with Gasteiger partial charge in [0.2, 0.25) is 0 Å². The van der Waals surface area contributed by atoms with Crippen molar-refractivity contribution in [2.24, 2.45) is 0 Å². The third-order valence-electron chi connectivity index (χ3n) is 4.06. The van der Waals surface area contributed by atoms with E-state index >= 15 is 0 Å². The Hall–Kier alpha value is -0.860. The van der Waals surface area contributed by atoms with Crippen LogP contribution >= 0.6 is 0 Å². The standard InChI is InChI=1S/C16H26N2/c1-16(2)10-12-17-11-6-13-18(16)14-9-15-7-4-3-5-8-15/h3-5,7-8,17H,6,9-14H2,1-2H3. The Labute approximate surface area is 111 Å². The highest BCUT2D eigenvalue weighted by molar-refractivity contribution is 5.15. The molecule has 2 nitrogen and oxygen atoms in total. The van der Waals surface area contributed by atoms with Crippen LogP contribution in [0.4, 0.5) is 0 Å². The molecule has 1 N–H and O–H groups in total. The monoisotopic (exact) mass is 246 g/mol. The Balaban J connectivity index is 1.92. The lowest BCUT2D eigenvalue weighted by atomic mass is 9.95. The number of hydrogen-bond donors (Lipinski definition) is 1. The lowest BCUT2D eigenvalue weighted by Gasteiger charge is -2.40. The summed E-state index contributed by atoms with van der Waals surface area (Å²) in [6.45, 7) is 9.46. The Bertz CT molecular complexity index is 345. The van der Waals surface area contributed by atoms with Crippen LogP contribution in [-0.2, 0) is 6.42 Å². The first kappa shape index (κ1) is 13.6. The van der Waals surface area contributed by atoms with Crippen LogP contribution in [-0.4, -0.2) is 36.6 Å². The predicted molar refractivity (Wildman–Crippen MR) is 77.9 cm³/mol. The van der Waals surface area contributed by atoms with Gasteiger partial charge in [-0.3, -0.25) is 4.90 Å². The molecule has 1 saturated heterocycles. The van der Waals surface area contributed by atoms with Crippen molar-refractivity contribution in [3.8, 4) is 0 Å². The first-order valence-electron chi connectivity index (χ1n) is 7.18. The van der Waals surface area contributed by atoms with Crippen molar-refractivity contribution in [3.05, 3.63) is 35.9 Å². The minimum Gasteiger partial charge on any atom is -0.317 e. The zero-order valence-corrected chi connectivity index (χ0v) is 11.8. The molecule has 0 unspecified atom stereocenters. The molecule has 2 rings (SSSR count). The Morgan fingerprint density at radius 1 is 1.17 bits per heavy atom. The van der Waals surface area contributed by atoms with Crippen LogP contribution in [0.15, 0.2) is 30.3 Å². The van der Waals surface area contributed by atoms with E-state index in [1.807, 2.05) is 0 Å². The van der Waals surface area contributed by atoms with E-state index in [1.165, 1.54) is 31.5 Å². The van der Waals surface area contributed by atoms with E-state index in [9.17, 15) is 0 Å². The molecule has 100 valence electrons. The quantitative estimate of drug-likeness (QED) is 0.882. The van der Waals surface area contributed by atoms with Gasteiger partial charge in [0.1, 0.15) is 0 Å². The van der Waals surface area contributed by atoms with Gasteiger partial charge in [0, 0.05) is 12.1 Å². The molecule has 1 fully saturated rings. The number of nitrogens with one attached hydrogen (secondary N) is 1. The molecule has 0 atom stereocenters. The normalized spacial score (nSPS) is 21.2. The van der Waals surface area contributed by atoms with Crippen molar-refractivity contribution in [1.29, 1.82) is 0 Å². The van der Waals surface area contributed by atoms with Crippen LogP contribution in [0.1, 0.15) is 32.3 Å². The average molecular weight is 246 g/mol. The van der Waals surface area contributed by atoms with E-state index in [0.717, 1.165) is 19.5 Å². The van der Waals surface area contributed by atoms with E-state index in [1.54, 1.807) is 0 Å². The number of hydrogen-bond acceptors (Lipinski definition) is 2. The summed E-state index contributed by atoms with van der Waals surface area (Å²) in [6.07, 6.45) is 3.66. The molecular formula is C16H26N2. The molecule has 1 aromatic carbocycles. The maximum atomic E-state index is 3.51. The lowest BCUT2D eigenvalue weighted by Crippen LogP contribution is -2.49. The van der Waals surface area contributed by atoms with E-state index in [0.29, 0.717) is 5.54 Å². The molecule has 0 aromatic heterocycles. The van der Waals surface area contributed by atoms with Gasteiger partial charge in [0.25, 0.3) is 0 Å². The smallest absolute Gasteiger partial charge is 0.0165 e. The molecule has 0 bridgehead atoms. The van der Waals surface area contributed by atoms with Crippen LogP contribution in [0.25, 0.3) is 0 Å². The SMILES string of the molecule is CC1(C)CCNCCCN1CCc1ccccc1. The molecule has 0 radical (unpaired) electrons. The first-order valence-corrected chi connectivity index (χ1v) is 7.18. The van der Waals surface area contributed by atoms with Gasteiger partial charge >= 0.3 is 0 Å².